The van der Waals surface area contributed by atoms with Crippen LogP contribution in [-0.4, -0.2) is 24.1 Å². The minimum absolute atomic E-state index is 0.265. The molecular weight excluding hydrogens is 341 g/mol. The Bertz CT molecular complexity index is 1080. The fourth-order valence-corrected chi connectivity index (χ4v) is 2.97. The van der Waals surface area contributed by atoms with Gasteiger partial charge in [0.15, 0.2) is 5.82 Å². The zero-order valence-electron chi connectivity index (χ0n) is 15.1. The van der Waals surface area contributed by atoms with Gasteiger partial charge in [-0.05, 0) is 60.7 Å². The van der Waals surface area contributed by atoms with Crippen LogP contribution >= 0.6 is 0 Å². The largest absolute Gasteiger partial charge is 0.497 e. The number of hydrogen-bond donors (Lipinski definition) is 0. The van der Waals surface area contributed by atoms with Crippen molar-refractivity contribution in [3.63, 3.8) is 0 Å². The smallest absolute Gasteiger partial charge is 0.162 e. The van der Waals surface area contributed by atoms with Gasteiger partial charge in [-0.25, -0.2) is 14.4 Å². The molecule has 0 radical (unpaired) electrons. The van der Waals surface area contributed by atoms with Crippen molar-refractivity contribution in [3.05, 3.63) is 78.6 Å². The van der Waals surface area contributed by atoms with Crippen molar-refractivity contribution < 1.29 is 9.13 Å². The minimum Gasteiger partial charge on any atom is -0.497 e. The molecule has 0 N–H and O–H groups in total. The molecule has 0 unspecified atom stereocenters. The SMILES string of the molecule is COc1ccc(-c2nc(N(C)c3ccc(F)cc3)c3ccccc3n2)cc1. The van der Waals surface area contributed by atoms with Crippen molar-refractivity contribution in [2.45, 2.75) is 0 Å². The zero-order valence-corrected chi connectivity index (χ0v) is 15.1. The molecule has 134 valence electrons. The summed E-state index contributed by atoms with van der Waals surface area (Å²) in [7, 11) is 3.55. The summed E-state index contributed by atoms with van der Waals surface area (Å²) < 4.78 is 18.5. The Morgan fingerprint density at radius 3 is 2.26 bits per heavy atom. The van der Waals surface area contributed by atoms with Gasteiger partial charge in [0.25, 0.3) is 0 Å². The van der Waals surface area contributed by atoms with Gasteiger partial charge in [0.05, 0.1) is 12.6 Å². The zero-order chi connectivity index (χ0) is 18.8. The van der Waals surface area contributed by atoms with E-state index in [0.717, 1.165) is 33.7 Å². The quantitative estimate of drug-likeness (QED) is 0.501. The topological polar surface area (TPSA) is 38.2 Å². The molecule has 1 heterocycles. The van der Waals surface area contributed by atoms with E-state index in [1.807, 2.05) is 60.5 Å². The summed E-state index contributed by atoms with van der Waals surface area (Å²) in [5.74, 6) is 1.90. The maximum atomic E-state index is 13.3. The summed E-state index contributed by atoms with van der Waals surface area (Å²) in [6.45, 7) is 0. The molecule has 0 amide bonds. The van der Waals surface area contributed by atoms with Crippen LogP contribution in [0.3, 0.4) is 0 Å². The Morgan fingerprint density at radius 2 is 1.56 bits per heavy atom. The molecule has 0 fully saturated rings. The summed E-state index contributed by atoms with van der Waals surface area (Å²) in [5, 5.41) is 0.932. The number of ether oxygens (including phenoxy) is 1. The molecule has 4 rings (SSSR count). The van der Waals surface area contributed by atoms with Gasteiger partial charge >= 0.3 is 0 Å². The molecule has 1 aromatic heterocycles. The van der Waals surface area contributed by atoms with Crippen molar-refractivity contribution >= 4 is 22.4 Å². The lowest BCUT2D eigenvalue weighted by Crippen LogP contribution is -2.13. The fourth-order valence-electron chi connectivity index (χ4n) is 2.97. The van der Waals surface area contributed by atoms with Crippen LogP contribution < -0.4 is 9.64 Å². The number of anilines is 2. The summed E-state index contributed by atoms with van der Waals surface area (Å²) in [4.78, 5) is 11.5. The van der Waals surface area contributed by atoms with Gasteiger partial charge < -0.3 is 9.64 Å². The van der Waals surface area contributed by atoms with Crippen LogP contribution in [0.4, 0.5) is 15.9 Å². The maximum Gasteiger partial charge on any atom is 0.162 e. The highest BCUT2D eigenvalue weighted by Crippen LogP contribution is 2.31. The van der Waals surface area contributed by atoms with Crippen LogP contribution in [0.1, 0.15) is 0 Å². The van der Waals surface area contributed by atoms with E-state index in [4.69, 9.17) is 14.7 Å². The van der Waals surface area contributed by atoms with Crippen molar-refractivity contribution in [1.29, 1.82) is 0 Å². The van der Waals surface area contributed by atoms with Crippen molar-refractivity contribution in [3.8, 4) is 17.1 Å². The van der Waals surface area contributed by atoms with Gasteiger partial charge in [0, 0.05) is 23.7 Å². The molecule has 5 heteroatoms. The molecule has 0 saturated heterocycles. The van der Waals surface area contributed by atoms with E-state index in [2.05, 4.69) is 0 Å². The van der Waals surface area contributed by atoms with Gasteiger partial charge in [0.2, 0.25) is 0 Å². The number of methoxy groups -OCH3 is 1. The molecular formula is C22H18FN3O. The van der Waals surface area contributed by atoms with E-state index in [0.29, 0.717) is 5.82 Å². The molecule has 4 nitrogen and oxygen atoms in total. The van der Waals surface area contributed by atoms with Gasteiger partial charge in [0.1, 0.15) is 17.4 Å². The van der Waals surface area contributed by atoms with Gasteiger partial charge in [-0.1, -0.05) is 12.1 Å². The number of hydrogen-bond acceptors (Lipinski definition) is 4. The standard InChI is InChI=1S/C22H18FN3O/c1-26(17-11-9-16(23)10-12-17)22-19-5-3-4-6-20(19)24-21(25-22)15-7-13-18(27-2)14-8-15/h3-14H,1-2H3. The second-order valence-electron chi connectivity index (χ2n) is 6.15. The van der Waals surface area contributed by atoms with Gasteiger partial charge in [-0.15, -0.1) is 0 Å². The predicted molar refractivity (Wildman–Crippen MR) is 106 cm³/mol. The second-order valence-corrected chi connectivity index (χ2v) is 6.15. The third kappa shape index (κ3) is 3.31. The Hall–Kier alpha value is -3.47. The Balaban J connectivity index is 1.86. The third-order valence-corrected chi connectivity index (χ3v) is 4.46. The summed E-state index contributed by atoms with van der Waals surface area (Å²) >= 11 is 0. The molecule has 0 saturated carbocycles. The molecule has 27 heavy (non-hydrogen) atoms. The van der Waals surface area contributed by atoms with E-state index in [9.17, 15) is 4.39 Å². The van der Waals surface area contributed by atoms with Crippen molar-refractivity contribution in [1.82, 2.24) is 9.97 Å². The van der Waals surface area contributed by atoms with Crippen molar-refractivity contribution in [2.24, 2.45) is 0 Å². The summed E-state index contributed by atoms with van der Waals surface area (Å²) in [6, 6.07) is 21.9. The van der Waals surface area contributed by atoms with Crippen molar-refractivity contribution in [2.75, 3.05) is 19.1 Å². The first kappa shape index (κ1) is 17.0. The molecule has 0 bridgehead atoms. The highest BCUT2D eigenvalue weighted by atomic mass is 19.1. The monoisotopic (exact) mass is 359 g/mol. The van der Waals surface area contributed by atoms with E-state index in [1.165, 1.54) is 12.1 Å². The molecule has 3 aromatic carbocycles. The third-order valence-electron chi connectivity index (χ3n) is 4.46. The lowest BCUT2D eigenvalue weighted by atomic mass is 10.1. The van der Waals surface area contributed by atoms with Gasteiger partial charge in [-0.2, -0.15) is 0 Å². The van der Waals surface area contributed by atoms with E-state index in [1.54, 1.807) is 19.2 Å². The highest BCUT2D eigenvalue weighted by Gasteiger charge is 2.14. The average molecular weight is 359 g/mol. The molecule has 0 atom stereocenters. The highest BCUT2D eigenvalue weighted by molar-refractivity contribution is 5.92. The normalized spacial score (nSPS) is 10.8. The van der Waals surface area contributed by atoms with E-state index in [-0.39, 0.29) is 5.82 Å². The molecule has 0 aliphatic carbocycles. The van der Waals surface area contributed by atoms with Crippen LogP contribution in [0.5, 0.6) is 5.75 Å². The summed E-state index contributed by atoms with van der Waals surface area (Å²) in [6.07, 6.45) is 0. The van der Waals surface area contributed by atoms with Crippen LogP contribution in [0.2, 0.25) is 0 Å². The van der Waals surface area contributed by atoms with Crippen LogP contribution in [0.15, 0.2) is 72.8 Å². The Morgan fingerprint density at radius 1 is 0.852 bits per heavy atom. The van der Waals surface area contributed by atoms with Crippen LogP contribution in [-0.2, 0) is 0 Å². The first-order valence-electron chi connectivity index (χ1n) is 8.56. The fraction of sp³-hybridized carbons (Fsp3) is 0.0909. The number of halogens is 1. The van der Waals surface area contributed by atoms with Crippen LogP contribution in [0, 0.1) is 5.82 Å². The number of nitrogens with zero attached hydrogens (tertiary/aromatic N) is 3. The number of rotatable bonds is 4. The Labute approximate surface area is 156 Å². The van der Waals surface area contributed by atoms with Gasteiger partial charge in [-0.3, -0.25) is 0 Å². The number of para-hydroxylation sites is 1. The number of fused-ring (bicyclic) bond motifs is 1. The number of benzene rings is 3. The maximum absolute atomic E-state index is 13.3. The molecule has 0 aliphatic rings. The predicted octanol–water partition coefficient (Wildman–Crippen LogP) is 5.21. The van der Waals surface area contributed by atoms with Crippen LogP contribution in [0.25, 0.3) is 22.3 Å². The van der Waals surface area contributed by atoms with E-state index >= 15 is 0 Å². The molecule has 4 aromatic rings. The summed E-state index contributed by atoms with van der Waals surface area (Å²) in [5.41, 5.74) is 2.60. The average Bonchev–Trinajstić information content (AvgIpc) is 2.73. The Kier molecular flexibility index (Phi) is 4.42. The molecule has 0 aliphatic heterocycles. The molecule has 0 spiro atoms. The lowest BCUT2D eigenvalue weighted by molar-refractivity contribution is 0.415. The second kappa shape index (κ2) is 7.03. The minimum atomic E-state index is -0.265. The lowest BCUT2D eigenvalue weighted by Gasteiger charge is -2.21. The number of aromatic nitrogens is 2. The first-order valence-corrected chi connectivity index (χ1v) is 8.56. The van der Waals surface area contributed by atoms with E-state index < -0.39 is 0 Å². The first-order chi connectivity index (χ1) is 13.2.